The average molecular weight is 278 g/mol. The highest BCUT2D eigenvalue weighted by molar-refractivity contribution is 7.17. The number of thiazole rings is 1. The van der Waals surface area contributed by atoms with E-state index in [-0.39, 0.29) is 0 Å². The van der Waals surface area contributed by atoms with E-state index in [0.29, 0.717) is 18.2 Å². The highest BCUT2D eigenvalue weighted by atomic mass is 32.1. The lowest BCUT2D eigenvalue weighted by Gasteiger charge is -2.36. The number of aryl methyl sites for hydroxylation is 1. The van der Waals surface area contributed by atoms with E-state index in [4.69, 9.17) is 4.98 Å². The van der Waals surface area contributed by atoms with Gasteiger partial charge in [0.2, 0.25) is 0 Å². The van der Waals surface area contributed by atoms with Crippen LogP contribution in [0, 0.1) is 5.92 Å². The molecule has 1 saturated carbocycles. The third kappa shape index (κ3) is 2.42. The lowest BCUT2D eigenvalue weighted by atomic mass is 9.85. The summed E-state index contributed by atoms with van der Waals surface area (Å²) >= 11 is 1.61. The Morgan fingerprint density at radius 2 is 2.00 bits per heavy atom. The van der Waals surface area contributed by atoms with Gasteiger partial charge in [-0.3, -0.25) is 4.79 Å². The minimum absolute atomic E-state index is 0.301. The number of nitrogens with zero attached hydrogens (tertiary/aromatic N) is 2. The Labute approximate surface area is 119 Å². The van der Waals surface area contributed by atoms with E-state index in [0.717, 1.165) is 34.5 Å². The minimum atomic E-state index is 0.301. The summed E-state index contributed by atoms with van der Waals surface area (Å²) in [5.41, 5.74) is 1.05. The zero-order valence-corrected chi connectivity index (χ0v) is 12.6. The maximum Gasteiger partial charge on any atom is 0.186 e. The van der Waals surface area contributed by atoms with Crippen LogP contribution in [0.3, 0.4) is 0 Å². The van der Waals surface area contributed by atoms with Crippen LogP contribution in [0.1, 0.15) is 60.8 Å². The summed E-state index contributed by atoms with van der Waals surface area (Å²) in [5, 5.41) is 1.05. The van der Waals surface area contributed by atoms with Crippen molar-refractivity contribution in [1.82, 2.24) is 4.98 Å². The number of hydrogen-bond acceptors (Lipinski definition) is 4. The van der Waals surface area contributed by atoms with Gasteiger partial charge in [0.05, 0.1) is 10.6 Å². The number of fused-ring (bicyclic) bond motifs is 1. The number of ketones is 1. The summed E-state index contributed by atoms with van der Waals surface area (Å²) < 4.78 is 0. The fraction of sp³-hybridized carbons (Fsp3) is 0.733. The summed E-state index contributed by atoms with van der Waals surface area (Å²) in [5.74, 6) is 1.03. The van der Waals surface area contributed by atoms with Crippen LogP contribution in [0.5, 0.6) is 0 Å². The fourth-order valence-electron chi connectivity index (χ4n) is 3.42. The standard InChI is InChI=1S/C15H22N2OS/c1-10-6-3-4-8-12(10)17(2)15-16-11-7-5-9-13(18)14(11)19-15/h10,12H,3-9H2,1-2H3. The molecule has 2 unspecified atom stereocenters. The van der Waals surface area contributed by atoms with Gasteiger partial charge in [-0.1, -0.05) is 31.1 Å². The van der Waals surface area contributed by atoms with Gasteiger partial charge >= 0.3 is 0 Å². The van der Waals surface area contributed by atoms with E-state index in [1.165, 1.54) is 25.7 Å². The van der Waals surface area contributed by atoms with E-state index in [1.54, 1.807) is 11.3 Å². The normalized spacial score (nSPS) is 27.2. The summed E-state index contributed by atoms with van der Waals surface area (Å²) in [6.07, 6.45) is 7.92. The average Bonchev–Trinajstić information content (AvgIpc) is 2.84. The molecule has 0 amide bonds. The molecular formula is C15H22N2OS. The first-order chi connectivity index (χ1) is 9.16. The molecule has 3 rings (SSSR count). The summed E-state index contributed by atoms with van der Waals surface area (Å²) in [7, 11) is 2.15. The monoisotopic (exact) mass is 278 g/mol. The molecule has 0 bridgehead atoms. The molecule has 1 aromatic rings. The van der Waals surface area contributed by atoms with Gasteiger partial charge in [-0.25, -0.2) is 4.98 Å². The summed E-state index contributed by atoms with van der Waals surface area (Å²) in [6, 6.07) is 0.594. The quantitative estimate of drug-likeness (QED) is 0.827. The van der Waals surface area contributed by atoms with Gasteiger partial charge in [-0.05, 0) is 31.6 Å². The van der Waals surface area contributed by atoms with E-state index in [9.17, 15) is 4.79 Å². The Kier molecular flexibility index (Phi) is 3.61. The Morgan fingerprint density at radius 1 is 1.21 bits per heavy atom. The molecule has 1 heterocycles. The van der Waals surface area contributed by atoms with Gasteiger partial charge in [0.1, 0.15) is 0 Å². The molecule has 3 nitrogen and oxygen atoms in total. The maximum absolute atomic E-state index is 11.9. The highest BCUT2D eigenvalue weighted by Crippen LogP contribution is 2.35. The number of carbonyl (C=O) groups excluding carboxylic acids is 1. The molecule has 4 heteroatoms. The van der Waals surface area contributed by atoms with Crippen LogP contribution in [-0.4, -0.2) is 23.9 Å². The first kappa shape index (κ1) is 13.1. The molecule has 104 valence electrons. The van der Waals surface area contributed by atoms with Crippen molar-refractivity contribution in [2.45, 2.75) is 57.9 Å². The van der Waals surface area contributed by atoms with Crippen molar-refractivity contribution < 1.29 is 4.79 Å². The van der Waals surface area contributed by atoms with Crippen LogP contribution < -0.4 is 4.90 Å². The smallest absolute Gasteiger partial charge is 0.186 e. The first-order valence-electron chi connectivity index (χ1n) is 7.42. The third-order valence-corrected chi connectivity index (χ3v) is 5.85. The number of anilines is 1. The summed E-state index contributed by atoms with van der Waals surface area (Å²) in [4.78, 5) is 19.9. The van der Waals surface area contributed by atoms with Gasteiger partial charge < -0.3 is 4.90 Å². The van der Waals surface area contributed by atoms with Crippen molar-refractivity contribution >= 4 is 22.3 Å². The van der Waals surface area contributed by atoms with Crippen molar-refractivity contribution in [3.8, 4) is 0 Å². The predicted octanol–water partition coefficient (Wildman–Crippen LogP) is 3.68. The highest BCUT2D eigenvalue weighted by Gasteiger charge is 2.29. The van der Waals surface area contributed by atoms with Crippen LogP contribution in [0.15, 0.2) is 0 Å². The number of hydrogen-bond donors (Lipinski definition) is 0. The number of rotatable bonds is 2. The SMILES string of the molecule is CC1CCCCC1N(C)c1nc2c(s1)C(=O)CCC2. The molecule has 2 atom stereocenters. The molecule has 0 aromatic carbocycles. The van der Waals surface area contributed by atoms with Crippen LogP contribution in [-0.2, 0) is 6.42 Å². The second-order valence-electron chi connectivity index (χ2n) is 5.99. The van der Waals surface area contributed by atoms with Gasteiger partial charge in [0, 0.05) is 19.5 Å². The van der Waals surface area contributed by atoms with Crippen molar-refractivity contribution in [3.63, 3.8) is 0 Å². The van der Waals surface area contributed by atoms with E-state index in [1.807, 2.05) is 0 Å². The van der Waals surface area contributed by atoms with Crippen LogP contribution in [0.4, 0.5) is 5.13 Å². The largest absolute Gasteiger partial charge is 0.348 e. The van der Waals surface area contributed by atoms with Crippen LogP contribution in [0.25, 0.3) is 0 Å². The lowest BCUT2D eigenvalue weighted by molar-refractivity contribution is 0.0976. The zero-order chi connectivity index (χ0) is 13.4. The lowest BCUT2D eigenvalue weighted by Crippen LogP contribution is -2.38. The first-order valence-corrected chi connectivity index (χ1v) is 8.24. The third-order valence-electron chi connectivity index (χ3n) is 4.62. The molecule has 0 aliphatic heterocycles. The fourth-order valence-corrected chi connectivity index (χ4v) is 4.52. The van der Waals surface area contributed by atoms with E-state index in [2.05, 4.69) is 18.9 Å². The molecule has 0 N–H and O–H groups in total. The minimum Gasteiger partial charge on any atom is -0.348 e. The van der Waals surface area contributed by atoms with E-state index >= 15 is 0 Å². The van der Waals surface area contributed by atoms with Gasteiger partial charge in [0.15, 0.2) is 10.9 Å². The molecule has 0 radical (unpaired) electrons. The second-order valence-corrected chi connectivity index (χ2v) is 6.97. The van der Waals surface area contributed by atoms with Crippen molar-refractivity contribution in [2.75, 3.05) is 11.9 Å². The molecular weight excluding hydrogens is 256 g/mol. The van der Waals surface area contributed by atoms with Gasteiger partial charge in [-0.2, -0.15) is 0 Å². The van der Waals surface area contributed by atoms with Gasteiger partial charge in [-0.15, -0.1) is 0 Å². The Hall–Kier alpha value is -0.900. The predicted molar refractivity (Wildman–Crippen MR) is 79.2 cm³/mol. The molecule has 19 heavy (non-hydrogen) atoms. The number of carbonyl (C=O) groups is 1. The summed E-state index contributed by atoms with van der Waals surface area (Å²) in [6.45, 7) is 2.35. The molecule has 0 saturated heterocycles. The zero-order valence-electron chi connectivity index (χ0n) is 11.8. The maximum atomic E-state index is 11.9. The second kappa shape index (κ2) is 5.23. The number of Topliss-reactive ketones (excluding diaryl/α,β-unsaturated/α-hetero) is 1. The molecule has 2 aliphatic rings. The van der Waals surface area contributed by atoms with Crippen molar-refractivity contribution in [3.05, 3.63) is 10.6 Å². The Morgan fingerprint density at radius 3 is 2.74 bits per heavy atom. The van der Waals surface area contributed by atoms with Gasteiger partial charge in [0.25, 0.3) is 0 Å². The molecule has 2 aliphatic carbocycles. The molecule has 1 aromatic heterocycles. The van der Waals surface area contributed by atoms with Crippen LogP contribution >= 0.6 is 11.3 Å². The topological polar surface area (TPSA) is 33.2 Å². The molecule has 1 fully saturated rings. The van der Waals surface area contributed by atoms with Crippen molar-refractivity contribution in [2.24, 2.45) is 5.92 Å². The van der Waals surface area contributed by atoms with E-state index < -0.39 is 0 Å². The number of aromatic nitrogens is 1. The van der Waals surface area contributed by atoms with Crippen LogP contribution in [0.2, 0.25) is 0 Å². The Bertz CT molecular complexity index is 482. The molecule has 0 spiro atoms. The van der Waals surface area contributed by atoms with Crippen molar-refractivity contribution in [1.29, 1.82) is 0 Å². The Balaban J connectivity index is 1.83.